The maximum atomic E-state index is 12.1. The summed E-state index contributed by atoms with van der Waals surface area (Å²) in [5.74, 6) is 0. The third-order valence-corrected chi connectivity index (χ3v) is 4.53. The van der Waals surface area contributed by atoms with Crippen LogP contribution in [0.3, 0.4) is 0 Å². The number of amides is 2. The Bertz CT molecular complexity index is 670. The molecule has 0 heterocycles. The molecule has 0 spiro atoms. The summed E-state index contributed by atoms with van der Waals surface area (Å²) < 4.78 is 0.997. The highest BCUT2D eigenvalue weighted by atomic mass is 79.9. The molecule has 122 valence electrons. The van der Waals surface area contributed by atoms with Gasteiger partial charge in [0.1, 0.15) is 0 Å². The molecule has 0 saturated heterocycles. The van der Waals surface area contributed by atoms with E-state index < -0.39 is 0 Å². The SMILES string of the molecule is CCCCc1ccc(NC(=O)NCc2ccccc2Br)c(C)c1. The molecule has 3 nitrogen and oxygen atoms in total. The monoisotopic (exact) mass is 374 g/mol. The fourth-order valence-corrected chi connectivity index (χ4v) is 2.81. The summed E-state index contributed by atoms with van der Waals surface area (Å²) >= 11 is 3.48. The quantitative estimate of drug-likeness (QED) is 0.695. The number of anilines is 1. The average Bonchev–Trinajstić information content (AvgIpc) is 2.54. The van der Waals surface area contributed by atoms with E-state index in [0.717, 1.165) is 27.7 Å². The van der Waals surface area contributed by atoms with Gasteiger partial charge in [-0.1, -0.05) is 59.6 Å². The highest BCUT2D eigenvalue weighted by Crippen LogP contribution is 2.18. The Balaban J connectivity index is 1.91. The van der Waals surface area contributed by atoms with Crippen LogP contribution in [0.2, 0.25) is 0 Å². The van der Waals surface area contributed by atoms with Crippen molar-refractivity contribution in [3.63, 3.8) is 0 Å². The van der Waals surface area contributed by atoms with Gasteiger partial charge in [0.05, 0.1) is 0 Å². The van der Waals surface area contributed by atoms with Crippen LogP contribution in [-0.2, 0) is 13.0 Å². The zero-order valence-corrected chi connectivity index (χ0v) is 15.2. The van der Waals surface area contributed by atoms with Crippen LogP contribution in [0.15, 0.2) is 46.9 Å². The van der Waals surface area contributed by atoms with Gasteiger partial charge in [0.15, 0.2) is 0 Å². The molecule has 0 unspecified atom stereocenters. The summed E-state index contributed by atoms with van der Waals surface area (Å²) in [4.78, 5) is 12.1. The van der Waals surface area contributed by atoms with Gasteiger partial charge in [-0.15, -0.1) is 0 Å². The molecule has 2 amide bonds. The molecular formula is C19H23BrN2O. The number of unbranched alkanes of at least 4 members (excludes halogenated alkanes) is 1. The van der Waals surface area contributed by atoms with Crippen molar-refractivity contribution >= 4 is 27.6 Å². The number of halogens is 1. The molecule has 0 aromatic heterocycles. The van der Waals surface area contributed by atoms with Crippen LogP contribution in [0.25, 0.3) is 0 Å². The minimum Gasteiger partial charge on any atom is -0.334 e. The van der Waals surface area contributed by atoms with E-state index >= 15 is 0 Å². The van der Waals surface area contributed by atoms with E-state index in [1.165, 1.54) is 18.4 Å². The Hall–Kier alpha value is -1.81. The fraction of sp³-hybridized carbons (Fsp3) is 0.316. The fourth-order valence-electron chi connectivity index (χ4n) is 2.39. The molecule has 2 N–H and O–H groups in total. The van der Waals surface area contributed by atoms with Gasteiger partial charge in [-0.25, -0.2) is 4.79 Å². The predicted molar refractivity (Wildman–Crippen MR) is 99.8 cm³/mol. The highest BCUT2D eigenvalue weighted by molar-refractivity contribution is 9.10. The number of aryl methyl sites for hydroxylation is 2. The first kappa shape index (κ1) is 17.5. The van der Waals surface area contributed by atoms with Crippen molar-refractivity contribution in [2.75, 3.05) is 5.32 Å². The second-order valence-electron chi connectivity index (χ2n) is 5.65. The number of hydrogen-bond donors (Lipinski definition) is 2. The second-order valence-corrected chi connectivity index (χ2v) is 6.51. The van der Waals surface area contributed by atoms with E-state index in [-0.39, 0.29) is 6.03 Å². The van der Waals surface area contributed by atoms with Crippen LogP contribution in [0.4, 0.5) is 10.5 Å². The number of carbonyl (C=O) groups is 1. The molecule has 0 saturated carbocycles. The molecule has 23 heavy (non-hydrogen) atoms. The van der Waals surface area contributed by atoms with E-state index in [1.807, 2.05) is 37.3 Å². The molecular weight excluding hydrogens is 352 g/mol. The van der Waals surface area contributed by atoms with Gasteiger partial charge < -0.3 is 10.6 Å². The van der Waals surface area contributed by atoms with Crippen LogP contribution < -0.4 is 10.6 Å². The molecule has 0 aliphatic heterocycles. The lowest BCUT2D eigenvalue weighted by Gasteiger charge is -2.12. The maximum absolute atomic E-state index is 12.1. The van der Waals surface area contributed by atoms with E-state index in [1.54, 1.807) is 0 Å². The smallest absolute Gasteiger partial charge is 0.319 e. The van der Waals surface area contributed by atoms with Crippen LogP contribution in [-0.4, -0.2) is 6.03 Å². The van der Waals surface area contributed by atoms with Gasteiger partial charge in [0, 0.05) is 16.7 Å². The molecule has 0 radical (unpaired) electrons. The van der Waals surface area contributed by atoms with Gasteiger partial charge in [0.25, 0.3) is 0 Å². The first-order chi connectivity index (χ1) is 11.1. The summed E-state index contributed by atoms with van der Waals surface area (Å²) in [5.41, 5.74) is 4.32. The lowest BCUT2D eigenvalue weighted by atomic mass is 10.0. The van der Waals surface area contributed by atoms with Crippen LogP contribution >= 0.6 is 15.9 Å². The summed E-state index contributed by atoms with van der Waals surface area (Å²) in [7, 11) is 0. The third-order valence-electron chi connectivity index (χ3n) is 3.76. The Kier molecular flexibility index (Phi) is 6.66. The summed E-state index contributed by atoms with van der Waals surface area (Å²) in [6.45, 7) is 4.71. The normalized spacial score (nSPS) is 10.4. The first-order valence-corrected chi connectivity index (χ1v) is 8.77. The van der Waals surface area contributed by atoms with Crippen molar-refractivity contribution < 1.29 is 4.79 Å². The molecule has 0 bridgehead atoms. The van der Waals surface area contributed by atoms with Gasteiger partial charge >= 0.3 is 6.03 Å². The molecule has 0 fully saturated rings. The largest absolute Gasteiger partial charge is 0.334 e. The molecule has 4 heteroatoms. The number of urea groups is 1. The minimum absolute atomic E-state index is 0.190. The molecule has 2 rings (SSSR count). The lowest BCUT2D eigenvalue weighted by molar-refractivity contribution is 0.251. The van der Waals surface area contributed by atoms with Crippen LogP contribution in [0.5, 0.6) is 0 Å². The molecule has 0 atom stereocenters. The number of hydrogen-bond acceptors (Lipinski definition) is 1. The van der Waals surface area contributed by atoms with E-state index in [4.69, 9.17) is 0 Å². The lowest BCUT2D eigenvalue weighted by Crippen LogP contribution is -2.28. The topological polar surface area (TPSA) is 41.1 Å². The number of benzene rings is 2. The summed E-state index contributed by atoms with van der Waals surface area (Å²) in [5, 5.41) is 5.80. The van der Waals surface area contributed by atoms with Crippen molar-refractivity contribution in [2.45, 2.75) is 39.7 Å². The predicted octanol–water partition coefficient (Wildman–Crippen LogP) is 5.42. The van der Waals surface area contributed by atoms with Crippen molar-refractivity contribution in [3.05, 3.63) is 63.6 Å². The van der Waals surface area contributed by atoms with Gasteiger partial charge in [0.2, 0.25) is 0 Å². The van der Waals surface area contributed by atoms with Crippen LogP contribution in [0, 0.1) is 6.92 Å². The number of nitrogens with one attached hydrogen (secondary N) is 2. The van der Waals surface area contributed by atoms with Crippen molar-refractivity contribution in [1.82, 2.24) is 5.32 Å². The Morgan fingerprint density at radius 2 is 1.96 bits per heavy atom. The van der Waals surface area contributed by atoms with Gasteiger partial charge in [-0.05, 0) is 48.6 Å². The van der Waals surface area contributed by atoms with Crippen molar-refractivity contribution in [2.24, 2.45) is 0 Å². The second kappa shape index (κ2) is 8.73. The first-order valence-electron chi connectivity index (χ1n) is 7.98. The Labute approximate surface area is 146 Å². The third kappa shape index (κ3) is 5.39. The zero-order chi connectivity index (χ0) is 16.7. The Morgan fingerprint density at radius 1 is 1.17 bits per heavy atom. The molecule has 0 aliphatic carbocycles. The maximum Gasteiger partial charge on any atom is 0.319 e. The Morgan fingerprint density at radius 3 is 2.65 bits per heavy atom. The number of carbonyl (C=O) groups excluding carboxylic acids is 1. The van der Waals surface area contributed by atoms with Crippen molar-refractivity contribution in [3.8, 4) is 0 Å². The van der Waals surface area contributed by atoms with Gasteiger partial charge in [-0.2, -0.15) is 0 Å². The summed E-state index contributed by atoms with van der Waals surface area (Å²) in [6, 6.07) is 13.9. The molecule has 2 aromatic carbocycles. The highest BCUT2D eigenvalue weighted by Gasteiger charge is 2.06. The van der Waals surface area contributed by atoms with Crippen LogP contribution in [0.1, 0.15) is 36.5 Å². The zero-order valence-electron chi connectivity index (χ0n) is 13.7. The molecule has 0 aliphatic rings. The van der Waals surface area contributed by atoms with E-state index in [0.29, 0.717) is 6.54 Å². The van der Waals surface area contributed by atoms with Gasteiger partial charge in [-0.3, -0.25) is 0 Å². The number of rotatable bonds is 6. The molecule has 2 aromatic rings. The average molecular weight is 375 g/mol. The van der Waals surface area contributed by atoms with Crippen molar-refractivity contribution in [1.29, 1.82) is 0 Å². The summed E-state index contributed by atoms with van der Waals surface area (Å²) in [6.07, 6.45) is 3.47. The van der Waals surface area contributed by atoms with E-state index in [9.17, 15) is 4.79 Å². The minimum atomic E-state index is -0.190. The standard InChI is InChI=1S/C19H23BrN2O/c1-3-4-7-15-10-11-18(14(2)12-15)22-19(23)21-13-16-8-5-6-9-17(16)20/h5-6,8-12H,3-4,7,13H2,1-2H3,(H2,21,22,23). The van der Waals surface area contributed by atoms with E-state index in [2.05, 4.69) is 45.6 Å².